The molecule has 0 radical (unpaired) electrons. The number of guanidine groups is 1. The van der Waals surface area contributed by atoms with E-state index in [2.05, 4.69) is 33.1 Å². The Kier molecular flexibility index (Phi) is 7.33. The molecule has 28 heavy (non-hydrogen) atoms. The molecule has 0 atom stereocenters. The number of piperazine rings is 1. The second-order valence-corrected chi connectivity index (χ2v) is 7.06. The SMILES string of the molecule is CCNC(=NCc1ccnc(N2CCCC2)c1)N1CCN(C(=O)OCC)CC1. The van der Waals surface area contributed by atoms with Gasteiger partial charge in [0.15, 0.2) is 5.96 Å². The van der Waals surface area contributed by atoms with Crippen LogP contribution >= 0.6 is 0 Å². The highest BCUT2D eigenvalue weighted by Gasteiger charge is 2.23. The Hall–Kier alpha value is -2.51. The van der Waals surface area contributed by atoms with Gasteiger partial charge in [0.2, 0.25) is 0 Å². The smallest absolute Gasteiger partial charge is 0.409 e. The van der Waals surface area contributed by atoms with Gasteiger partial charge in [0.25, 0.3) is 0 Å². The van der Waals surface area contributed by atoms with Gasteiger partial charge < -0.3 is 24.8 Å². The van der Waals surface area contributed by atoms with Crippen LogP contribution in [0.25, 0.3) is 0 Å². The number of amides is 1. The van der Waals surface area contributed by atoms with Crippen molar-refractivity contribution in [3.8, 4) is 0 Å². The summed E-state index contributed by atoms with van der Waals surface area (Å²) in [6, 6.07) is 4.18. The first-order chi connectivity index (χ1) is 13.7. The van der Waals surface area contributed by atoms with Crippen LogP contribution in [0.1, 0.15) is 32.3 Å². The number of nitrogens with one attached hydrogen (secondary N) is 1. The van der Waals surface area contributed by atoms with Crippen molar-refractivity contribution in [2.45, 2.75) is 33.2 Å². The summed E-state index contributed by atoms with van der Waals surface area (Å²) >= 11 is 0. The number of hydrogen-bond acceptors (Lipinski definition) is 5. The zero-order valence-corrected chi connectivity index (χ0v) is 17.1. The van der Waals surface area contributed by atoms with Crippen LogP contribution in [-0.2, 0) is 11.3 Å². The van der Waals surface area contributed by atoms with E-state index in [-0.39, 0.29) is 6.09 Å². The summed E-state index contributed by atoms with van der Waals surface area (Å²) < 4.78 is 5.10. The maximum atomic E-state index is 11.9. The molecule has 3 rings (SSSR count). The molecule has 8 heteroatoms. The number of pyridine rings is 1. The van der Waals surface area contributed by atoms with Crippen LogP contribution in [0.5, 0.6) is 0 Å². The molecule has 8 nitrogen and oxygen atoms in total. The number of rotatable bonds is 5. The van der Waals surface area contributed by atoms with Crippen molar-refractivity contribution in [1.29, 1.82) is 0 Å². The van der Waals surface area contributed by atoms with Crippen molar-refractivity contribution in [2.75, 3.05) is 57.3 Å². The Labute approximate surface area is 167 Å². The number of aliphatic imine (C=N–C) groups is 1. The number of carbonyl (C=O) groups is 1. The van der Waals surface area contributed by atoms with Gasteiger partial charge in [0.05, 0.1) is 13.2 Å². The predicted molar refractivity (Wildman–Crippen MR) is 111 cm³/mol. The third-order valence-electron chi connectivity index (χ3n) is 5.09. The lowest BCUT2D eigenvalue weighted by Crippen LogP contribution is -2.53. The Morgan fingerprint density at radius 3 is 2.54 bits per heavy atom. The van der Waals surface area contributed by atoms with Crippen molar-refractivity contribution >= 4 is 17.9 Å². The molecule has 1 aromatic heterocycles. The van der Waals surface area contributed by atoms with E-state index < -0.39 is 0 Å². The predicted octanol–water partition coefficient (Wildman–Crippen LogP) is 1.92. The van der Waals surface area contributed by atoms with E-state index in [0.29, 0.717) is 26.2 Å². The van der Waals surface area contributed by atoms with Gasteiger partial charge >= 0.3 is 6.09 Å². The highest BCUT2D eigenvalue weighted by Crippen LogP contribution is 2.19. The molecule has 2 fully saturated rings. The summed E-state index contributed by atoms with van der Waals surface area (Å²) in [4.78, 5) is 27.5. The van der Waals surface area contributed by atoms with Crippen LogP contribution in [0.3, 0.4) is 0 Å². The zero-order chi connectivity index (χ0) is 19.8. The fourth-order valence-corrected chi connectivity index (χ4v) is 3.59. The normalized spacial score (nSPS) is 17.8. The Morgan fingerprint density at radius 2 is 1.86 bits per heavy atom. The summed E-state index contributed by atoms with van der Waals surface area (Å²) in [6.07, 6.45) is 4.14. The number of carbonyl (C=O) groups excluding carboxylic acids is 1. The average molecular weight is 389 g/mol. The fraction of sp³-hybridized carbons (Fsp3) is 0.650. The van der Waals surface area contributed by atoms with E-state index in [1.54, 1.807) is 4.90 Å². The highest BCUT2D eigenvalue weighted by molar-refractivity contribution is 5.80. The number of aromatic nitrogens is 1. The number of hydrogen-bond donors (Lipinski definition) is 1. The summed E-state index contributed by atoms with van der Waals surface area (Å²) in [7, 11) is 0. The molecule has 2 aliphatic heterocycles. The molecule has 154 valence electrons. The topological polar surface area (TPSA) is 73.3 Å². The molecule has 1 amide bonds. The second-order valence-electron chi connectivity index (χ2n) is 7.06. The van der Waals surface area contributed by atoms with Gasteiger partial charge in [-0.1, -0.05) is 0 Å². The van der Waals surface area contributed by atoms with Crippen molar-refractivity contribution in [3.05, 3.63) is 23.9 Å². The van der Waals surface area contributed by atoms with Crippen LogP contribution < -0.4 is 10.2 Å². The minimum absolute atomic E-state index is 0.227. The molecule has 2 aliphatic rings. The third kappa shape index (κ3) is 5.27. The quantitative estimate of drug-likeness (QED) is 0.614. The van der Waals surface area contributed by atoms with Crippen LogP contribution in [0.4, 0.5) is 10.6 Å². The summed E-state index contributed by atoms with van der Waals surface area (Å²) in [5.41, 5.74) is 1.16. The molecule has 1 aromatic rings. The summed E-state index contributed by atoms with van der Waals surface area (Å²) in [5, 5.41) is 3.38. The van der Waals surface area contributed by atoms with Gasteiger partial charge in [-0.05, 0) is 44.4 Å². The first-order valence-corrected chi connectivity index (χ1v) is 10.4. The lowest BCUT2D eigenvalue weighted by atomic mass is 10.2. The lowest BCUT2D eigenvalue weighted by Gasteiger charge is -2.35. The average Bonchev–Trinajstić information content (AvgIpc) is 3.27. The van der Waals surface area contributed by atoms with Gasteiger partial charge in [0.1, 0.15) is 5.82 Å². The van der Waals surface area contributed by atoms with Crippen LogP contribution in [0.2, 0.25) is 0 Å². The largest absolute Gasteiger partial charge is 0.450 e. The molecular formula is C20H32N6O2. The molecule has 0 aromatic carbocycles. The van der Waals surface area contributed by atoms with E-state index in [1.165, 1.54) is 12.8 Å². The molecule has 0 saturated carbocycles. The minimum atomic E-state index is -0.227. The molecular weight excluding hydrogens is 356 g/mol. The molecule has 0 aliphatic carbocycles. The van der Waals surface area contributed by atoms with Crippen molar-refractivity contribution in [2.24, 2.45) is 4.99 Å². The molecule has 1 N–H and O–H groups in total. The third-order valence-corrected chi connectivity index (χ3v) is 5.09. The maximum Gasteiger partial charge on any atom is 0.409 e. The molecule has 0 unspecified atom stereocenters. The van der Waals surface area contributed by atoms with E-state index in [0.717, 1.165) is 50.1 Å². The standard InChI is InChI=1S/C20H32N6O2/c1-3-21-19(25-11-13-26(14-12-25)20(27)28-4-2)23-16-17-7-8-22-18(15-17)24-9-5-6-10-24/h7-8,15H,3-6,9-14,16H2,1-2H3,(H,21,23). The van der Waals surface area contributed by atoms with E-state index >= 15 is 0 Å². The number of ether oxygens (including phenoxy) is 1. The van der Waals surface area contributed by atoms with Crippen LogP contribution in [-0.4, -0.2) is 79.3 Å². The summed E-state index contributed by atoms with van der Waals surface area (Å²) in [6.45, 7) is 10.7. The lowest BCUT2D eigenvalue weighted by molar-refractivity contribution is 0.0914. The van der Waals surface area contributed by atoms with Crippen molar-refractivity contribution in [3.63, 3.8) is 0 Å². The van der Waals surface area contributed by atoms with Gasteiger partial charge in [-0.15, -0.1) is 0 Å². The van der Waals surface area contributed by atoms with Gasteiger partial charge in [0, 0.05) is 52.0 Å². The fourth-order valence-electron chi connectivity index (χ4n) is 3.59. The Balaban J connectivity index is 1.60. The van der Waals surface area contributed by atoms with E-state index in [9.17, 15) is 4.79 Å². The maximum absolute atomic E-state index is 11.9. The second kappa shape index (κ2) is 10.1. The van der Waals surface area contributed by atoms with E-state index in [1.807, 2.05) is 19.2 Å². The molecule has 3 heterocycles. The van der Waals surface area contributed by atoms with Gasteiger partial charge in [-0.2, -0.15) is 0 Å². The first kappa shape index (κ1) is 20.2. The van der Waals surface area contributed by atoms with Crippen molar-refractivity contribution in [1.82, 2.24) is 20.1 Å². The molecule has 2 saturated heterocycles. The monoisotopic (exact) mass is 388 g/mol. The van der Waals surface area contributed by atoms with Crippen LogP contribution in [0.15, 0.2) is 23.3 Å². The van der Waals surface area contributed by atoms with Crippen molar-refractivity contribution < 1.29 is 9.53 Å². The van der Waals surface area contributed by atoms with Gasteiger partial charge in [-0.3, -0.25) is 0 Å². The highest BCUT2D eigenvalue weighted by atomic mass is 16.6. The molecule has 0 bridgehead atoms. The Bertz CT molecular complexity index is 666. The Morgan fingerprint density at radius 1 is 1.14 bits per heavy atom. The van der Waals surface area contributed by atoms with Crippen LogP contribution in [0, 0.1) is 0 Å². The molecule has 0 spiro atoms. The number of anilines is 1. The zero-order valence-electron chi connectivity index (χ0n) is 17.1. The first-order valence-electron chi connectivity index (χ1n) is 10.4. The number of nitrogens with zero attached hydrogens (tertiary/aromatic N) is 5. The van der Waals surface area contributed by atoms with E-state index in [4.69, 9.17) is 9.73 Å². The van der Waals surface area contributed by atoms with Gasteiger partial charge in [-0.25, -0.2) is 14.8 Å². The minimum Gasteiger partial charge on any atom is -0.450 e. The summed E-state index contributed by atoms with van der Waals surface area (Å²) in [5.74, 6) is 1.95.